The largest absolute Gasteiger partial charge is 0.354 e. The van der Waals surface area contributed by atoms with Crippen molar-refractivity contribution in [2.45, 2.75) is 26.2 Å². The van der Waals surface area contributed by atoms with Gasteiger partial charge >= 0.3 is 0 Å². The molecule has 4 heteroatoms. The minimum absolute atomic E-state index is 0.0426. The van der Waals surface area contributed by atoms with Crippen molar-refractivity contribution < 1.29 is 6.17 Å². The SMILES string of the molecule is [2H][C@H](CCCC)NCC(=O)NCCNC. The van der Waals surface area contributed by atoms with E-state index in [1.807, 2.05) is 7.05 Å². The monoisotopic (exact) mass is 202 g/mol. The standard InChI is InChI=1S/C10H23N3O/c1-3-4-5-6-12-9-10(14)13-8-7-11-2/h11-12H,3-9H2,1-2H3,(H,13,14)/i6D/t6-/m1/s1. The predicted octanol–water partition coefficient (Wildman–Crippen LogP) is 0.102. The van der Waals surface area contributed by atoms with Crippen molar-refractivity contribution in [3.8, 4) is 0 Å². The van der Waals surface area contributed by atoms with Crippen molar-refractivity contribution >= 4 is 5.91 Å². The fraction of sp³-hybridized carbons (Fsp3) is 0.900. The maximum atomic E-state index is 11.2. The van der Waals surface area contributed by atoms with Gasteiger partial charge in [0, 0.05) is 14.5 Å². The van der Waals surface area contributed by atoms with Gasteiger partial charge in [0.05, 0.1) is 6.54 Å². The fourth-order valence-corrected chi connectivity index (χ4v) is 0.963. The van der Waals surface area contributed by atoms with Gasteiger partial charge in [0.25, 0.3) is 0 Å². The Labute approximate surface area is 88.2 Å². The van der Waals surface area contributed by atoms with Crippen LogP contribution in [0.15, 0.2) is 0 Å². The number of amides is 1. The van der Waals surface area contributed by atoms with Crippen LogP contribution in [-0.4, -0.2) is 39.1 Å². The summed E-state index contributed by atoms with van der Waals surface area (Å²) < 4.78 is 7.58. The Hall–Kier alpha value is -0.610. The lowest BCUT2D eigenvalue weighted by atomic mass is 10.2. The first kappa shape index (κ1) is 11.5. The molecule has 0 fully saturated rings. The Kier molecular flexibility index (Phi) is 8.57. The highest BCUT2D eigenvalue weighted by Gasteiger charge is 1.97. The van der Waals surface area contributed by atoms with E-state index < -0.39 is 0 Å². The van der Waals surface area contributed by atoms with Crippen LogP contribution >= 0.6 is 0 Å². The third-order valence-corrected chi connectivity index (χ3v) is 1.81. The molecule has 0 aromatic heterocycles. The van der Waals surface area contributed by atoms with E-state index in [9.17, 15) is 4.79 Å². The lowest BCUT2D eigenvalue weighted by Gasteiger charge is -2.05. The highest BCUT2D eigenvalue weighted by atomic mass is 16.1. The average molecular weight is 202 g/mol. The Morgan fingerprint density at radius 1 is 1.36 bits per heavy atom. The lowest BCUT2D eigenvalue weighted by Crippen LogP contribution is -2.37. The molecule has 0 saturated carbocycles. The van der Waals surface area contributed by atoms with Gasteiger partial charge in [-0.2, -0.15) is 0 Å². The first-order valence-corrected chi connectivity index (χ1v) is 5.27. The van der Waals surface area contributed by atoms with Crippen LogP contribution in [0.1, 0.15) is 27.6 Å². The average Bonchev–Trinajstić information content (AvgIpc) is 2.24. The molecule has 0 aromatic carbocycles. The molecule has 1 atom stereocenters. The number of nitrogens with one attached hydrogen (secondary N) is 3. The molecular weight excluding hydrogens is 178 g/mol. The van der Waals surface area contributed by atoms with Crippen LogP contribution in [0.2, 0.25) is 0 Å². The summed E-state index contributed by atoms with van der Waals surface area (Å²) in [5.74, 6) is -0.0426. The molecule has 0 aliphatic rings. The van der Waals surface area contributed by atoms with Gasteiger partial charge in [0.15, 0.2) is 0 Å². The normalized spacial score (nSPS) is 13.4. The van der Waals surface area contributed by atoms with E-state index >= 15 is 0 Å². The number of unbranched alkanes of at least 4 members (excludes halogenated alkanes) is 1. The topological polar surface area (TPSA) is 53.2 Å². The van der Waals surface area contributed by atoms with E-state index in [4.69, 9.17) is 1.37 Å². The van der Waals surface area contributed by atoms with E-state index in [1.165, 1.54) is 0 Å². The summed E-state index contributed by atoms with van der Waals surface area (Å²) in [6.45, 7) is 3.42. The molecule has 0 aliphatic heterocycles. The summed E-state index contributed by atoms with van der Waals surface area (Å²) >= 11 is 0. The Morgan fingerprint density at radius 3 is 2.79 bits per heavy atom. The predicted molar refractivity (Wildman–Crippen MR) is 59.3 cm³/mol. The van der Waals surface area contributed by atoms with Crippen LogP contribution in [0.25, 0.3) is 0 Å². The van der Waals surface area contributed by atoms with Crippen molar-refractivity contribution in [2.75, 3.05) is 33.2 Å². The van der Waals surface area contributed by atoms with Crippen LogP contribution in [-0.2, 0) is 4.79 Å². The van der Waals surface area contributed by atoms with E-state index in [-0.39, 0.29) is 19.0 Å². The minimum Gasteiger partial charge on any atom is -0.354 e. The van der Waals surface area contributed by atoms with Gasteiger partial charge in [-0.1, -0.05) is 19.8 Å². The summed E-state index contributed by atoms with van der Waals surface area (Å²) in [6.07, 6.45) is 2.92. The first-order valence-electron chi connectivity index (χ1n) is 5.85. The highest BCUT2D eigenvalue weighted by molar-refractivity contribution is 5.77. The smallest absolute Gasteiger partial charge is 0.234 e. The Bertz CT molecular complexity index is 167. The zero-order valence-electron chi connectivity index (χ0n) is 10.2. The van der Waals surface area contributed by atoms with Crippen molar-refractivity contribution in [2.24, 2.45) is 0 Å². The fourth-order valence-electron chi connectivity index (χ4n) is 0.963. The third kappa shape index (κ3) is 9.48. The van der Waals surface area contributed by atoms with E-state index in [0.29, 0.717) is 6.54 Å². The molecule has 0 bridgehead atoms. The van der Waals surface area contributed by atoms with Gasteiger partial charge in [-0.3, -0.25) is 4.79 Å². The summed E-state index contributed by atoms with van der Waals surface area (Å²) in [5, 5.41) is 8.57. The van der Waals surface area contributed by atoms with Crippen molar-refractivity contribution in [1.29, 1.82) is 0 Å². The maximum absolute atomic E-state index is 11.2. The van der Waals surface area contributed by atoms with Gasteiger partial charge in [0.2, 0.25) is 5.91 Å². The maximum Gasteiger partial charge on any atom is 0.234 e. The molecule has 1 amide bonds. The van der Waals surface area contributed by atoms with Crippen LogP contribution < -0.4 is 16.0 Å². The van der Waals surface area contributed by atoms with Crippen molar-refractivity contribution in [3.63, 3.8) is 0 Å². The zero-order chi connectivity index (χ0) is 11.5. The molecule has 3 N–H and O–H groups in total. The molecule has 0 spiro atoms. The second-order valence-electron chi connectivity index (χ2n) is 3.18. The van der Waals surface area contributed by atoms with Gasteiger partial charge in [-0.05, 0) is 20.0 Å². The number of hydrogen-bond acceptors (Lipinski definition) is 3. The second-order valence-corrected chi connectivity index (χ2v) is 3.18. The quantitative estimate of drug-likeness (QED) is 0.465. The minimum atomic E-state index is -0.319. The molecular formula is C10H23N3O. The van der Waals surface area contributed by atoms with E-state index in [1.54, 1.807) is 0 Å². The molecule has 0 radical (unpaired) electrons. The Morgan fingerprint density at radius 2 is 2.14 bits per heavy atom. The molecule has 0 aromatic rings. The molecule has 0 aliphatic carbocycles. The third-order valence-electron chi connectivity index (χ3n) is 1.81. The molecule has 0 heterocycles. The number of carbonyl (C=O) groups is 1. The molecule has 4 nitrogen and oxygen atoms in total. The van der Waals surface area contributed by atoms with Crippen LogP contribution in [0.3, 0.4) is 0 Å². The van der Waals surface area contributed by atoms with Crippen LogP contribution in [0, 0.1) is 0 Å². The summed E-state index contributed by atoms with van der Waals surface area (Å²) in [7, 11) is 1.84. The van der Waals surface area contributed by atoms with E-state index in [2.05, 4.69) is 22.9 Å². The summed E-state index contributed by atoms with van der Waals surface area (Å²) in [6, 6.07) is 0. The highest BCUT2D eigenvalue weighted by Crippen LogP contribution is 1.90. The Balaban J connectivity index is 3.36. The summed E-state index contributed by atoms with van der Waals surface area (Å²) in [4.78, 5) is 11.2. The van der Waals surface area contributed by atoms with Gasteiger partial charge in [0.1, 0.15) is 0 Å². The number of rotatable bonds is 9. The van der Waals surface area contributed by atoms with Crippen LogP contribution in [0.5, 0.6) is 0 Å². The molecule has 0 saturated heterocycles. The van der Waals surface area contributed by atoms with Gasteiger partial charge in [-0.25, -0.2) is 0 Å². The molecule has 0 unspecified atom stereocenters. The van der Waals surface area contributed by atoms with Gasteiger partial charge in [-0.15, -0.1) is 0 Å². The molecule has 0 rings (SSSR count). The van der Waals surface area contributed by atoms with Crippen molar-refractivity contribution in [1.82, 2.24) is 16.0 Å². The van der Waals surface area contributed by atoms with E-state index in [0.717, 1.165) is 25.8 Å². The molecule has 14 heavy (non-hydrogen) atoms. The number of hydrogen-bond donors (Lipinski definition) is 3. The molecule has 84 valence electrons. The number of carbonyl (C=O) groups excluding carboxylic acids is 1. The second kappa shape index (κ2) is 10.5. The summed E-state index contributed by atoms with van der Waals surface area (Å²) in [5.41, 5.74) is 0. The lowest BCUT2D eigenvalue weighted by molar-refractivity contribution is -0.120. The zero-order valence-corrected chi connectivity index (χ0v) is 9.23. The van der Waals surface area contributed by atoms with Crippen molar-refractivity contribution in [3.05, 3.63) is 0 Å². The number of likely N-dealkylation sites (N-methyl/N-ethyl adjacent to an activating group) is 1. The van der Waals surface area contributed by atoms with Crippen LogP contribution in [0.4, 0.5) is 0 Å². The van der Waals surface area contributed by atoms with Gasteiger partial charge < -0.3 is 16.0 Å². The first-order chi connectivity index (χ1) is 7.20.